The van der Waals surface area contributed by atoms with Gasteiger partial charge in [0.2, 0.25) is 0 Å². The highest BCUT2D eigenvalue weighted by Crippen LogP contribution is 2.10. The highest BCUT2D eigenvalue weighted by Gasteiger charge is 1.91. The molecule has 0 fully saturated rings. The number of alkyl halides is 1. The minimum absolute atomic E-state index is 0.838. The quantitative estimate of drug-likeness (QED) is 0.169. The van der Waals surface area contributed by atoms with E-state index < -0.39 is 0 Å². The van der Waals surface area contributed by atoms with E-state index in [-0.39, 0.29) is 0 Å². The molecule has 0 saturated carbocycles. The standard InChI is InChI=1S/C18H35Cl/c1-2-3-4-5-6-7-8-9-10-11-12-13-14-15-16-17-18-19/h7-8H,2-6,9-18H2,1H3/b8-7-. The van der Waals surface area contributed by atoms with Crippen LogP contribution in [0.4, 0.5) is 0 Å². The van der Waals surface area contributed by atoms with E-state index in [2.05, 4.69) is 19.1 Å². The van der Waals surface area contributed by atoms with Gasteiger partial charge in [-0.05, 0) is 32.1 Å². The molecule has 0 unspecified atom stereocenters. The van der Waals surface area contributed by atoms with Crippen molar-refractivity contribution in [2.45, 2.75) is 96.8 Å². The number of hydrogen-bond acceptors (Lipinski definition) is 0. The molecule has 0 saturated heterocycles. The monoisotopic (exact) mass is 286 g/mol. The Morgan fingerprint density at radius 2 is 1.00 bits per heavy atom. The minimum Gasteiger partial charge on any atom is -0.127 e. The Labute approximate surface area is 127 Å². The molecule has 0 aliphatic carbocycles. The summed E-state index contributed by atoms with van der Waals surface area (Å²) >= 11 is 5.65. The number of halogens is 1. The van der Waals surface area contributed by atoms with Gasteiger partial charge in [0, 0.05) is 5.88 Å². The van der Waals surface area contributed by atoms with Crippen molar-refractivity contribution in [3.05, 3.63) is 12.2 Å². The molecule has 0 amide bonds. The molecule has 19 heavy (non-hydrogen) atoms. The maximum absolute atomic E-state index is 5.65. The molecule has 0 nitrogen and oxygen atoms in total. The summed E-state index contributed by atoms with van der Waals surface area (Å²) in [6.45, 7) is 2.27. The van der Waals surface area contributed by atoms with E-state index >= 15 is 0 Å². The number of rotatable bonds is 15. The summed E-state index contributed by atoms with van der Waals surface area (Å²) in [5.74, 6) is 0.838. The van der Waals surface area contributed by atoms with Gasteiger partial charge in [-0.3, -0.25) is 0 Å². The molecule has 1 heteroatoms. The van der Waals surface area contributed by atoms with E-state index in [0.29, 0.717) is 0 Å². The van der Waals surface area contributed by atoms with Crippen molar-refractivity contribution in [3.63, 3.8) is 0 Å². The predicted molar refractivity (Wildman–Crippen MR) is 90.2 cm³/mol. The number of unbranched alkanes of at least 4 members (excludes halogenated alkanes) is 12. The van der Waals surface area contributed by atoms with Gasteiger partial charge in [0.1, 0.15) is 0 Å². The number of hydrogen-bond donors (Lipinski definition) is 0. The third-order valence-electron chi connectivity index (χ3n) is 3.65. The Hall–Kier alpha value is 0.0300. The van der Waals surface area contributed by atoms with Crippen LogP contribution in [0.25, 0.3) is 0 Å². The lowest BCUT2D eigenvalue weighted by Crippen LogP contribution is -1.81. The normalized spacial score (nSPS) is 11.5. The van der Waals surface area contributed by atoms with Crippen LogP contribution >= 0.6 is 11.6 Å². The maximum atomic E-state index is 5.65. The average Bonchev–Trinajstić information content (AvgIpc) is 2.43. The lowest BCUT2D eigenvalue weighted by atomic mass is 10.1. The first-order chi connectivity index (χ1) is 9.41. The fourth-order valence-corrected chi connectivity index (χ4v) is 2.53. The fraction of sp³-hybridized carbons (Fsp3) is 0.889. The van der Waals surface area contributed by atoms with Crippen LogP contribution < -0.4 is 0 Å². The molecule has 0 spiro atoms. The Morgan fingerprint density at radius 3 is 1.47 bits per heavy atom. The van der Waals surface area contributed by atoms with Crippen LogP contribution in [0.3, 0.4) is 0 Å². The van der Waals surface area contributed by atoms with Crippen LogP contribution in [0.15, 0.2) is 12.2 Å². The highest BCUT2D eigenvalue weighted by molar-refractivity contribution is 6.17. The zero-order valence-electron chi connectivity index (χ0n) is 13.1. The van der Waals surface area contributed by atoms with Crippen molar-refractivity contribution in [1.29, 1.82) is 0 Å². The van der Waals surface area contributed by atoms with Crippen LogP contribution in [0, 0.1) is 0 Å². The van der Waals surface area contributed by atoms with Crippen molar-refractivity contribution in [1.82, 2.24) is 0 Å². The second kappa shape index (κ2) is 18.0. The van der Waals surface area contributed by atoms with E-state index in [9.17, 15) is 0 Å². The van der Waals surface area contributed by atoms with Gasteiger partial charge in [0.25, 0.3) is 0 Å². The Balaban J connectivity index is 2.99. The summed E-state index contributed by atoms with van der Waals surface area (Å²) in [7, 11) is 0. The smallest absolute Gasteiger partial charge is 0.0223 e. The van der Waals surface area contributed by atoms with Gasteiger partial charge in [0.05, 0.1) is 0 Å². The predicted octanol–water partition coefficient (Wildman–Crippen LogP) is 7.26. The highest BCUT2D eigenvalue weighted by atomic mass is 35.5. The van der Waals surface area contributed by atoms with Crippen molar-refractivity contribution in [3.8, 4) is 0 Å². The molecule has 0 atom stereocenters. The molecule has 0 aliphatic heterocycles. The summed E-state index contributed by atoms with van der Waals surface area (Å²) in [5.41, 5.74) is 0. The summed E-state index contributed by atoms with van der Waals surface area (Å²) in [5, 5.41) is 0. The van der Waals surface area contributed by atoms with Crippen molar-refractivity contribution < 1.29 is 0 Å². The van der Waals surface area contributed by atoms with Gasteiger partial charge in [-0.2, -0.15) is 0 Å². The van der Waals surface area contributed by atoms with Crippen LogP contribution in [0.2, 0.25) is 0 Å². The molecule has 0 aromatic carbocycles. The molecule has 0 aliphatic rings. The van der Waals surface area contributed by atoms with Gasteiger partial charge >= 0.3 is 0 Å². The van der Waals surface area contributed by atoms with Crippen molar-refractivity contribution in [2.24, 2.45) is 0 Å². The van der Waals surface area contributed by atoms with Crippen molar-refractivity contribution >= 4 is 11.6 Å². The molecule has 0 heterocycles. The minimum atomic E-state index is 0.838. The molecule has 0 aromatic rings. The van der Waals surface area contributed by atoms with Gasteiger partial charge in [-0.1, -0.05) is 76.9 Å². The second-order valence-electron chi connectivity index (χ2n) is 5.63. The van der Waals surface area contributed by atoms with E-state index in [1.54, 1.807) is 0 Å². The summed E-state index contributed by atoms with van der Waals surface area (Å²) in [6, 6.07) is 0. The van der Waals surface area contributed by atoms with Gasteiger partial charge < -0.3 is 0 Å². The van der Waals surface area contributed by atoms with Crippen molar-refractivity contribution in [2.75, 3.05) is 5.88 Å². The molecular formula is C18H35Cl. The molecular weight excluding hydrogens is 252 g/mol. The average molecular weight is 287 g/mol. The van der Waals surface area contributed by atoms with E-state index in [4.69, 9.17) is 11.6 Å². The molecule has 0 N–H and O–H groups in total. The lowest BCUT2D eigenvalue weighted by molar-refractivity contribution is 0.578. The summed E-state index contributed by atoms with van der Waals surface area (Å²) in [6.07, 6.45) is 23.8. The Kier molecular flexibility index (Phi) is 18.1. The van der Waals surface area contributed by atoms with E-state index in [1.165, 1.54) is 89.9 Å². The largest absolute Gasteiger partial charge is 0.127 e. The van der Waals surface area contributed by atoms with Gasteiger partial charge in [-0.15, -0.1) is 11.6 Å². The third kappa shape index (κ3) is 18.0. The SMILES string of the molecule is CCCCCC/C=C\CCCCCCCCCCCl. The topological polar surface area (TPSA) is 0 Å². The Morgan fingerprint density at radius 1 is 0.579 bits per heavy atom. The molecule has 114 valence electrons. The van der Waals surface area contributed by atoms with E-state index in [1.807, 2.05) is 0 Å². The molecule has 0 aromatic heterocycles. The van der Waals surface area contributed by atoms with Gasteiger partial charge in [-0.25, -0.2) is 0 Å². The summed E-state index contributed by atoms with van der Waals surface area (Å²) < 4.78 is 0. The Bertz CT molecular complexity index is 175. The van der Waals surface area contributed by atoms with Crippen LogP contribution in [0.1, 0.15) is 96.8 Å². The summed E-state index contributed by atoms with van der Waals surface area (Å²) in [4.78, 5) is 0. The lowest BCUT2D eigenvalue weighted by Gasteiger charge is -2.00. The second-order valence-corrected chi connectivity index (χ2v) is 6.00. The number of allylic oxidation sites excluding steroid dienone is 2. The zero-order chi connectivity index (χ0) is 14.0. The fourth-order valence-electron chi connectivity index (χ4n) is 2.34. The van der Waals surface area contributed by atoms with Crippen LogP contribution in [-0.4, -0.2) is 5.88 Å². The van der Waals surface area contributed by atoms with Gasteiger partial charge in [0.15, 0.2) is 0 Å². The van der Waals surface area contributed by atoms with Crippen LogP contribution in [-0.2, 0) is 0 Å². The zero-order valence-corrected chi connectivity index (χ0v) is 13.9. The molecule has 0 radical (unpaired) electrons. The maximum Gasteiger partial charge on any atom is 0.0223 e. The third-order valence-corrected chi connectivity index (χ3v) is 3.91. The van der Waals surface area contributed by atoms with Crippen LogP contribution in [0.5, 0.6) is 0 Å². The molecule has 0 rings (SSSR count). The first kappa shape index (κ1) is 19.0. The van der Waals surface area contributed by atoms with E-state index in [0.717, 1.165) is 5.88 Å². The molecule has 0 bridgehead atoms. The first-order valence-electron chi connectivity index (χ1n) is 8.62. The first-order valence-corrected chi connectivity index (χ1v) is 9.16.